The fraction of sp³-hybridized carbons (Fsp3) is 0.150. The number of benzene rings is 2. The Labute approximate surface area is 156 Å². The summed E-state index contributed by atoms with van der Waals surface area (Å²) < 4.78 is 4.81. The van der Waals surface area contributed by atoms with Gasteiger partial charge in [0, 0.05) is 16.8 Å². The molecule has 0 spiro atoms. The van der Waals surface area contributed by atoms with Crippen LogP contribution in [0.3, 0.4) is 0 Å². The van der Waals surface area contributed by atoms with Crippen LogP contribution in [0.4, 0.5) is 0 Å². The summed E-state index contributed by atoms with van der Waals surface area (Å²) in [5, 5.41) is 4.15. The Hall–Kier alpha value is -2.92. The summed E-state index contributed by atoms with van der Waals surface area (Å²) in [6.45, 7) is 0. The molecule has 0 saturated heterocycles. The molecule has 1 aromatic heterocycles. The summed E-state index contributed by atoms with van der Waals surface area (Å²) in [5.74, 6) is -0.989. The van der Waals surface area contributed by atoms with E-state index in [9.17, 15) is 9.59 Å². The van der Waals surface area contributed by atoms with Crippen LogP contribution in [0.15, 0.2) is 60.7 Å². The predicted octanol–water partition coefficient (Wildman–Crippen LogP) is 3.40. The predicted molar refractivity (Wildman–Crippen MR) is 100 cm³/mol. The summed E-state index contributed by atoms with van der Waals surface area (Å²) >= 11 is 6.16. The fourth-order valence-corrected chi connectivity index (χ4v) is 2.86. The molecular formula is C20H17ClN2O3. The lowest BCUT2D eigenvalue weighted by Crippen LogP contribution is -2.43. The van der Waals surface area contributed by atoms with Gasteiger partial charge in [-0.05, 0) is 23.8 Å². The second kappa shape index (κ2) is 7.97. The molecule has 0 aliphatic rings. The van der Waals surface area contributed by atoms with E-state index in [1.807, 2.05) is 36.4 Å². The average molecular weight is 369 g/mol. The molecule has 0 bridgehead atoms. The third kappa shape index (κ3) is 4.00. The van der Waals surface area contributed by atoms with Gasteiger partial charge in [-0.3, -0.25) is 4.79 Å². The van der Waals surface area contributed by atoms with Crippen LogP contribution in [0.5, 0.6) is 0 Å². The lowest BCUT2D eigenvalue weighted by Gasteiger charge is -2.17. The van der Waals surface area contributed by atoms with Gasteiger partial charge in [0.15, 0.2) is 0 Å². The third-order valence-electron chi connectivity index (χ3n) is 4.00. The zero-order valence-electron chi connectivity index (χ0n) is 14.1. The molecule has 0 aliphatic carbocycles. The highest BCUT2D eigenvalue weighted by atomic mass is 35.5. The normalized spacial score (nSPS) is 11.8. The monoisotopic (exact) mass is 368 g/mol. The number of nitrogens with one attached hydrogen (secondary N) is 1. The van der Waals surface area contributed by atoms with Gasteiger partial charge < -0.3 is 10.1 Å². The van der Waals surface area contributed by atoms with Gasteiger partial charge in [0.2, 0.25) is 0 Å². The summed E-state index contributed by atoms with van der Waals surface area (Å²) in [6, 6.07) is 17.2. The maximum Gasteiger partial charge on any atom is 0.328 e. The molecule has 0 aliphatic heterocycles. The number of pyridine rings is 1. The van der Waals surface area contributed by atoms with Crippen molar-refractivity contribution in [3.63, 3.8) is 0 Å². The molecular weight excluding hydrogens is 352 g/mol. The van der Waals surface area contributed by atoms with E-state index in [1.165, 1.54) is 7.11 Å². The number of fused-ring (bicyclic) bond motifs is 1. The number of amides is 1. The highest BCUT2D eigenvalue weighted by Gasteiger charge is 2.24. The standard InChI is InChI=1S/C20H17ClN2O3/c1-26-20(25)18(12-14-7-2-4-8-15(14)21)23-19(24)17-11-10-13-6-3-5-9-16(13)22-17/h2-11,18H,12H2,1H3,(H,23,24)/t18-/m0/s1. The van der Waals surface area contributed by atoms with Crippen molar-refractivity contribution >= 4 is 34.4 Å². The van der Waals surface area contributed by atoms with Crippen molar-refractivity contribution in [1.29, 1.82) is 0 Å². The zero-order chi connectivity index (χ0) is 18.5. The summed E-state index contributed by atoms with van der Waals surface area (Å²) in [4.78, 5) is 29.0. The van der Waals surface area contributed by atoms with Gasteiger partial charge in [0.05, 0.1) is 12.6 Å². The Balaban J connectivity index is 1.82. The van der Waals surface area contributed by atoms with Crippen LogP contribution in [0.25, 0.3) is 10.9 Å². The van der Waals surface area contributed by atoms with Gasteiger partial charge in [0.25, 0.3) is 5.91 Å². The number of rotatable bonds is 5. The van der Waals surface area contributed by atoms with E-state index in [-0.39, 0.29) is 12.1 Å². The topological polar surface area (TPSA) is 68.3 Å². The second-order valence-electron chi connectivity index (χ2n) is 5.73. The van der Waals surface area contributed by atoms with Crippen LogP contribution >= 0.6 is 11.6 Å². The van der Waals surface area contributed by atoms with Crippen molar-refractivity contribution in [2.75, 3.05) is 7.11 Å². The molecule has 1 amide bonds. The molecule has 1 N–H and O–H groups in total. The molecule has 1 atom stereocenters. The number of aromatic nitrogens is 1. The van der Waals surface area contributed by atoms with Gasteiger partial charge >= 0.3 is 5.97 Å². The highest BCUT2D eigenvalue weighted by molar-refractivity contribution is 6.31. The molecule has 0 fully saturated rings. The van der Waals surface area contributed by atoms with Crippen LogP contribution in [-0.4, -0.2) is 30.0 Å². The highest BCUT2D eigenvalue weighted by Crippen LogP contribution is 2.17. The molecule has 3 aromatic rings. The van der Waals surface area contributed by atoms with Crippen molar-refractivity contribution in [2.24, 2.45) is 0 Å². The molecule has 1 heterocycles. The minimum atomic E-state index is -0.860. The van der Waals surface area contributed by atoms with Crippen molar-refractivity contribution in [1.82, 2.24) is 10.3 Å². The number of esters is 1. The molecule has 0 radical (unpaired) electrons. The smallest absolute Gasteiger partial charge is 0.328 e. The average Bonchev–Trinajstić information content (AvgIpc) is 2.68. The van der Waals surface area contributed by atoms with Gasteiger partial charge in [-0.2, -0.15) is 0 Å². The number of carbonyl (C=O) groups is 2. The number of hydrogen-bond acceptors (Lipinski definition) is 4. The summed E-state index contributed by atoms with van der Waals surface area (Å²) in [7, 11) is 1.28. The number of carbonyl (C=O) groups excluding carboxylic acids is 2. The Morgan fingerprint density at radius 1 is 1.08 bits per heavy atom. The van der Waals surface area contributed by atoms with Crippen molar-refractivity contribution in [3.05, 3.63) is 76.9 Å². The first-order valence-electron chi connectivity index (χ1n) is 8.06. The van der Waals surface area contributed by atoms with Crippen LogP contribution in [-0.2, 0) is 16.0 Å². The van der Waals surface area contributed by atoms with Crippen LogP contribution < -0.4 is 5.32 Å². The number of hydrogen-bond donors (Lipinski definition) is 1. The number of halogens is 1. The fourth-order valence-electron chi connectivity index (χ4n) is 2.64. The largest absolute Gasteiger partial charge is 0.467 e. The molecule has 2 aromatic carbocycles. The molecule has 0 saturated carbocycles. The van der Waals surface area contributed by atoms with E-state index < -0.39 is 17.9 Å². The van der Waals surface area contributed by atoms with Gasteiger partial charge in [-0.25, -0.2) is 9.78 Å². The van der Waals surface area contributed by atoms with Gasteiger partial charge in [-0.1, -0.05) is 54.1 Å². The third-order valence-corrected chi connectivity index (χ3v) is 4.37. The Kier molecular flexibility index (Phi) is 5.49. The summed E-state index contributed by atoms with van der Waals surface area (Å²) in [6.07, 6.45) is 0.228. The number of ether oxygens (including phenoxy) is 1. The van der Waals surface area contributed by atoms with Crippen LogP contribution in [0.1, 0.15) is 16.1 Å². The van der Waals surface area contributed by atoms with Crippen LogP contribution in [0, 0.1) is 0 Å². The first kappa shape index (κ1) is 17.9. The number of para-hydroxylation sites is 1. The van der Waals surface area contributed by atoms with Gasteiger partial charge in [0.1, 0.15) is 11.7 Å². The number of nitrogens with zero attached hydrogens (tertiary/aromatic N) is 1. The second-order valence-corrected chi connectivity index (χ2v) is 6.14. The van der Waals surface area contributed by atoms with Crippen molar-refractivity contribution < 1.29 is 14.3 Å². The maximum absolute atomic E-state index is 12.6. The Bertz CT molecular complexity index is 958. The molecule has 0 unspecified atom stereocenters. The van der Waals surface area contributed by atoms with E-state index >= 15 is 0 Å². The maximum atomic E-state index is 12.6. The van der Waals surface area contributed by atoms with Crippen molar-refractivity contribution in [3.8, 4) is 0 Å². The summed E-state index contributed by atoms with van der Waals surface area (Å²) in [5.41, 5.74) is 1.69. The van der Waals surface area contributed by atoms with E-state index in [4.69, 9.17) is 16.3 Å². The lowest BCUT2D eigenvalue weighted by atomic mass is 10.1. The lowest BCUT2D eigenvalue weighted by molar-refractivity contribution is -0.142. The minimum Gasteiger partial charge on any atom is -0.467 e. The van der Waals surface area contributed by atoms with Crippen LogP contribution in [0.2, 0.25) is 5.02 Å². The Morgan fingerprint density at radius 3 is 2.58 bits per heavy atom. The van der Waals surface area contributed by atoms with E-state index in [0.29, 0.717) is 10.5 Å². The number of methoxy groups -OCH3 is 1. The molecule has 3 rings (SSSR count). The van der Waals surface area contributed by atoms with E-state index in [0.717, 1.165) is 10.9 Å². The quantitative estimate of drug-likeness (QED) is 0.701. The Morgan fingerprint density at radius 2 is 1.81 bits per heavy atom. The minimum absolute atomic E-state index is 0.228. The molecule has 26 heavy (non-hydrogen) atoms. The van der Waals surface area contributed by atoms with Gasteiger partial charge in [-0.15, -0.1) is 0 Å². The molecule has 132 valence electrons. The molecule has 5 nitrogen and oxygen atoms in total. The van der Waals surface area contributed by atoms with E-state index in [2.05, 4.69) is 10.3 Å². The first-order chi connectivity index (χ1) is 12.6. The SMILES string of the molecule is COC(=O)[C@H](Cc1ccccc1Cl)NC(=O)c1ccc2ccccc2n1. The van der Waals surface area contributed by atoms with E-state index in [1.54, 1.807) is 24.3 Å². The zero-order valence-corrected chi connectivity index (χ0v) is 14.9. The van der Waals surface area contributed by atoms with Crippen molar-refractivity contribution in [2.45, 2.75) is 12.5 Å². The molecule has 6 heteroatoms. The first-order valence-corrected chi connectivity index (χ1v) is 8.44.